The minimum Gasteiger partial charge on any atom is -0.460 e. The lowest BCUT2D eigenvalue weighted by Gasteiger charge is -2.24. The molecule has 34 heavy (non-hydrogen) atoms. The first kappa shape index (κ1) is 25.6. The second kappa shape index (κ2) is 11.0. The molecule has 1 unspecified atom stereocenters. The summed E-state index contributed by atoms with van der Waals surface area (Å²) in [5.74, 6) is -1.55. The van der Waals surface area contributed by atoms with Crippen LogP contribution in [0, 0.1) is 0 Å². The Balaban J connectivity index is 1.83. The molecule has 0 fully saturated rings. The first-order valence-corrected chi connectivity index (χ1v) is 11.9. The molecule has 0 saturated heterocycles. The maximum atomic E-state index is 13.5. The molecule has 2 atom stereocenters. The molecule has 180 valence electrons. The zero-order chi connectivity index (χ0) is 24.8. The Hall–Kier alpha value is -3.00. The maximum absolute atomic E-state index is 13.5. The maximum Gasteiger partial charge on any atom is 0.513 e. The number of para-hydroxylation sites is 1. The van der Waals surface area contributed by atoms with Crippen molar-refractivity contribution >= 4 is 25.3 Å². The van der Waals surface area contributed by atoms with E-state index in [4.69, 9.17) is 25.4 Å². The zero-order valence-electron chi connectivity index (χ0n) is 17.8. The molecule has 0 aliphatic carbocycles. The van der Waals surface area contributed by atoms with Crippen molar-refractivity contribution in [2.75, 3.05) is 0 Å². The van der Waals surface area contributed by atoms with Crippen LogP contribution in [0.1, 0.15) is 18.1 Å². The third-order valence-corrected chi connectivity index (χ3v) is 6.19. The van der Waals surface area contributed by atoms with E-state index in [1.807, 2.05) is 0 Å². The van der Waals surface area contributed by atoms with E-state index in [1.54, 1.807) is 48.5 Å². The molecule has 1 N–H and O–H groups in total. The average molecular weight is 514 g/mol. The van der Waals surface area contributed by atoms with Crippen LogP contribution >= 0.6 is 19.3 Å². The average Bonchev–Trinajstić information content (AvgIpc) is 2.79. The van der Waals surface area contributed by atoms with Crippen LogP contribution in [-0.4, -0.2) is 12.0 Å². The van der Waals surface area contributed by atoms with Crippen molar-refractivity contribution in [2.24, 2.45) is 0 Å². The highest BCUT2D eigenvalue weighted by Gasteiger charge is 2.39. The predicted octanol–water partition coefficient (Wildman–Crippen LogP) is 6.65. The van der Waals surface area contributed by atoms with E-state index in [-0.39, 0.29) is 17.4 Å². The van der Waals surface area contributed by atoms with Gasteiger partial charge in [-0.2, -0.15) is 18.3 Å². The fourth-order valence-corrected chi connectivity index (χ4v) is 4.48. The van der Waals surface area contributed by atoms with Crippen LogP contribution in [0.2, 0.25) is 5.02 Å². The van der Waals surface area contributed by atoms with Crippen LogP contribution in [0.4, 0.5) is 13.2 Å². The molecule has 3 aromatic carbocycles. The molecule has 0 aliphatic heterocycles. The Morgan fingerprint density at radius 2 is 1.62 bits per heavy atom. The van der Waals surface area contributed by atoms with E-state index in [9.17, 15) is 22.5 Å². The highest BCUT2D eigenvalue weighted by Crippen LogP contribution is 2.49. The first-order valence-electron chi connectivity index (χ1n) is 9.95. The summed E-state index contributed by atoms with van der Waals surface area (Å²) < 4.78 is 69.9. The molecular weight excluding hydrogens is 494 g/mol. The van der Waals surface area contributed by atoms with E-state index >= 15 is 0 Å². The van der Waals surface area contributed by atoms with E-state index in [2.05, 4.69) is 5.09 Å². The molecule has 0 heterocycles. The SMILES string of the molecule is C[C@H](NP(=O)(Oc1ccccc1)Oc1ccc(Cl)cc1C(F)(F)F)C(=O)OCc1ccccc1. The van der Waals surface area contributed by atoms with Crippen molar-refractivity contribution in [3.8, 4) is 11.5 Å². The number of hydrogen-bond acceptors (Lipinski definition) is 5. The van der Waals surface area contributed by atoms with Gasteiger partial charge in [-0.3, -0.25) is 4.79 Å². The standard InChI is InChI=1S/C23H20ClF3NO5P/c1-16(22(29)31-15-17-8-4-2-5-9-17)28-34(30,32-19-10-6-3-7-11-19)33-21-13-12-18(24)14-20(21)23(25,26)27/h2-14,16H,15H2,1H3,(H,28,30)/t16-,34?/m0/s1. The third-order valence-electron chi connectivity index (χ3n) is 4.36. The molecular formula is C23H20ClF3NO5P. The normalized spacial score (nSPS) is 14.0. The Morgan fingerprint density at radius 1 is 1.00 bits per heavy atom. The van der Waals surface area contributed by atoms with Crippen LogP contribution in [-0.2, 0) is 26.9 Å². The largest absolute Gasteiger partial charge is 0.513 e. The summed E-state index contributed by atoms with van der Waals surface area (Å²) in [7, 11) is -4.57. The molecule has 0 amide bonds. The van der Waals surface area contributed by atoms with Gasteiger partial charge in [-0.1, -0.05) is 60.1 Å². The van der Waals surface area contributed by atoms with E-state index in [0.29, 0.717) is 6.07 Å². The number of carbonyl (C=O) groups excluding carboxylic acids is 1. The van der Waals surface area contributed by atoms with Crippen molar-refractivity contribution < 1.29 is 36.3 Å². The van der Waals surface area contributed by atoms with Gasteiger partial charge in [0.05, 0.1) is 5.56 Å². The molecule has 3 rings (SSSR count). The zero-order valence-corrected chi connectivity index (χ0v) is 19.4. The summed E-state index contributed by atoms with van der Waals surface area (Å²) in [5, 5.41) is 2.17. The van der Waals surface area contributed by atoms with Crippen LogP contribution in [0.3, 0.4) is 0 Å². The monoisotopic (exact) mass is 513 g/mol. The number of esters is 1. The van der Waals surface area contributed by atoms with Gasteiger partial charge in [0.2, 0.25) is 0 Å². The van der Waals surface area contributed by atoms with Gasteiger partial charge in [0, 0.05) is 5.02 Å². The van der Waals surface area contributed by atoms with Crippen molar-refractivity contribution in [3.05, 3.63) is 95.0 Å². The molecule has 0 aromatic heterocycles. The van der Waals surface area contributed by atoms with Crippen molar-refractivity contribution in [2.45, 2.75) is 25.7 Å². The van der Waals surface area contributed by atoms with Gasteiger partial charge in [0.15, 0.2) is 0 Å². The van der Waals surface area contributed by atoms with Crippen LogP contribution < -0.4 is 14.1 Å². The fourth-order valence-electron chi connectivity index (χ4n) is 2.77. The van der Waals surface area contributed by atoms with E-state index < -0.39 is 37.2 Å². The number of ether oxygens (including phenoxy) is 1. The number of halogens is 4. The molecule has 6 nitrogen and oxygen atoms in total. The summed E-state index contributed by atoms with van der Waals surface area (Å²) in [5.41, 5.74) is -0.531. The number of rotatable bonds is 9. The highest BCUT2D eigenvalue weighted by molar-refractivity contribution is 7.52. The number of hydrogen-bond donors (Lipinski definition) is 1. The molecule has 0 aliphatic rings. The van der Waals surface area contributed by atoms with E-state index in [1.165, 1.54) is 19.1 Å². The van der Waals surface area contributed by atoms with Crippen LogP contribution in [0.25, 0.3) is 0 Å². The molecule has 0 saturated carbocycles. The van der Waals surface area contributed by atoms with Gasteiger partial charge in [0.25, 0.3) is 0 Å². The Bertz CT molecular complexity index is 1160. The van der Waals surface area contributed by atoms with Gasteiger partial charge < -0.3 is 13.8 Å². The Morgan fingerprint density at radius 3 is 2.24 bits per heavy atom. The number of carbonyl (C=O) groups is 1. The highest BCUT2D eigenvalue weighted by atomic mass is 35.5. The molecule has 0 radical (unpaired) electrons. The topological polar surface area (TPSA) is 73.9 Å². The summed E-state index contributed by atoms with van der Waals surface area (Å²) >= 11 is 5.70. The number of benzene rings is 3. The lowest BCUT2D eigenvalue weighted by molar-refractivity contribution is -0.146. The van der Waals surface area contributed by atoms with Gasteiger partial charge >= 0.3 is 19.9 Å². The molecule has 3 aromatic rings. The summed E-state index contributed by atoms with van der Waals surface area (Å²) in [6, 6.07) is 18.0. The van der Waals surface area contributed by atoms with Gasteiger partial charge in [-0.05, 0) is 42.8 Å². The minimum atomic E-state index is -4.85. The number of alkyl halides is 3. The Labute approximate surface area is 199 Å². The fraction of sp³-hybridized carbons (Fsp3) is 0.174. The Kier molecular flexibility index (Phi) is 8.25. The van der Waals surface area contributed by atoms with Crippen molar-refractivity contribution in [1.29, 1.82) is 0 Å². The molecule has 11 heteroatoms. The van der Waals surface area contributed by atoms with Gasteiger partial charge in [0.1, 0.15) is 24.1 Å². The minimum absolute atomic E-state index is 0.0470. The third kappa shape index (κ3) is 7.25. The second-order valence-corrected chi connectivity index (χ2v) is 9.13. The van der Waals surface area contributed by atoms with Crippen molar-refractivity contribution in [3.63, 3.8) is 0 Å². The lowest BCUT2D eigenvalue weighted by atomic mass is 10.2. The molecule has 0 spiro atoms. The van der Waals surface area contributed by atoms with Gasteiger partial charge in [-0.25, -0.2) is 4.57 Å². The predicted molar refractivity (Wildman–Crippen MR) is 121 cm³/mol. The lowest BCUT2D eigenvalue weighted by Crippen LogP contribution is -2.35. The quantitative estimate of drug-likeness (QED) is 0.255. The van der Waals surface area contributed by atoms with E-state index in [0.717, 1.165) is 17.7 Å². The van der Waals surface area contributed by atoms with Crippen LogP contribution in [0.5, 0.6) is 11.5 Å². The van der Waals surface area contributed by atoms with Crippen LogP contribution in [0.15, 0.2) is 78.9 Å². The summed E-state index contributed by atoms with van der Waals surface area (Å²) in [6.45, 7) is 1.27. The molecule has 0 bridgehead atoms. The number of nitrogens with one attached hydrogen (secondary N) is 1. The van der Waals surface area contributed by atoms with Crippen molar-refractivity contribution in [1.82, 2.24) is 5.09 Å². The van der Waals surface area contributed by atoms with Gasteiger partial charge in [-0.15, -0.1) is 0 Å². The first-order chi connectivity index (χ1) is 16.1. The summed E-state index contributed by atoms with van der Waals surface area (Å²) in [6.07, 6.45) is -4.85. The second-order valence-electron chi connectivity index (χ2n) is 7.08. The smallest absolute Gasteiger partial charge is 0.460 e. The summed E-state index contributed by atoms with van der Waals surface area (Å²) in [4.78, 5) is 12.5.